The van der Waals surface area contributed by atoms with Crippen LogP contribution in [0.3, 0.4) is 0 Å². The summed E-state index contributed by atoms with van der Waals surface area (Å²) in [7, 11) is -2.73. The summed E-state index contributed by atoms with van der Waals surface area (Å²) in [6, 6.07) is 20.0. The number of ether oxygens (including phenoxy) is 1. The Morgan fingerprint density at radius 1 is 0.927 bits per heavy atom. The van der Waals surface area contributed by atoms with Crippen molar-refractivity contribution in [3.05, 3.63) is 89.5 Å². The fourth-order valence-corrected chi connectivity index (χ4v) is 5.92. The molecule has 0 aromatic heterocycles. The second-order valence-electron chi connectivity index (χ2n) is 10.5. The first kappa shape index (κ1) is 31.7. The number of nitrogens with zero attached hydrogens (tertiary/aromatic N) is 2. The van der Waals surface area contributed by atoms with Gasteiger partial charge >= 0.3 is 0 Å². The summed E-state index contributed by atoms with van der Waals surface area (Å²) in [6.45, 7) is 9.77. The van der Waals surface area contributed by atoms with E-state index in [4.69, 9.17) is 4.74 Å². The smallest absolute Gasteiger partial charge is 0.264 e. The van der Waals surface area contributed by atoms with E-state index in [1.54, 1.807) is 36.4 Å². The normalized spacial score (nSPS) is 12.1. The van der Waals surface area contributed by atoms with Gasteiger partial charge in [-0.2, -0.15) is 0 Å². The van der Waals surface area contributed by atoms with Gasteiger partial charge in [0.05, 0.1) is 17.7 Å². The molecule has 3 rings (SSSR count). The molecule has 41 heavy (non-hydrogen) atoms. The quantitative estimate of drug-likeness (QED) is 0.305. The number of anilines is 1. The zero-order chi connectivity index (χ0) is 30.2. The number of rotatable bonds is 13. The van der Waals surface area contributed by atoms with Crippen LogP contribution in [0.15, 0.2) is 77.7 Å². The summed E-state index contributed by atoms with van der Waals surface area (Å²) in [5.74, 6) is -0.226. The first-order valence-electron chi connectivity index (χ1n) is 13.8. The average Bonchev–Trinajstić information content (AvgIpc) is 2.95. The van der Waals surface area contributed by atoms with Crippen LogP contribution in [0.2, 0.25) is 0 Å². The third kappa shape index (κ3) is 7.88. The van der Waals surface area contributed by atoms with Gasteiger partial charge in [0, 0.05) is 13.1 Å². The molecule has 0 radical (unpaired) electrons. The van der Waals surface area contributed by atoms with Gasteiger partial charge in [-0.1, -0.05) is 74.9 Å². The maximum atomic E-state index is 14.2. The SMILES string of the molecule is CC[C@H](C(=O)NCC(C)C)N(Cc1ccccc1C)C(=O)CN(c1ccccc1OC)S(=O)(=O)c1ccc(C)cc1. The zero-order valence-electron chi connectivity index (χ0n) is 24.8. The van der Waals surface area contributed by atoms with Crippen LogP contribution in [-0.4, -0.2) is 51.4 Å². The van der Waals surface area contributed by atoms with Crippen molar-refractivity contribution in [2.24, 2.45) is 5.92 Å². The van der Waals surface area contributed by atoms with Crippen LogP contribution in [-0.2, 0) is 26.2 Å². The monoisotopic (exact) mass is 579 g/mol. The summed E-state index contributed by atoms with van der Waals surface area (Å²) in [5, 5.41) is 2.95. The Morgan fingerprint density at radius 2 is 1.56 bits per heavy atom. The van der Waals surface area contributed by atoms with E-state index in [9.17, 15) is 18.0 Å². The number of nitrogens with one attached hydrogen (secondary N) is 1. The van der Waals surface area contributed by atoms with E-state index in [-0.39, 0.29) is 29.0 Å². The van der Waals surface area contributed by atoms with Gasteiger partial charge in [0.15, 0.2) is 0 Å². The van der Waals surface area contributed by atoms with Crippen LogP contribution < -0.4 is 14.4 Å². The van der Waals surface area contributed by atoms with Crippen LogP contribution in [0, 0.1) is 19.8 Å². The van der Waals surface area contributed by atoms with Gasteiger partial charge in [-0.15, -0.1) is 0 Å². The van der Waals surface area contributed by atoms with E-state index < -0.39 is 28.5 Å². The summed E-state index contributed by atoms with van der Waals surface area (Å²) in [5.41, 5.74) is 2.99. The predicted molar refractivity (Wildman–Crippen MR) is 162 cm³/mol. The Morgan fingerprint density at radius 3 is 2.17 bits per heavy atom. The molecule has 0 bridgehead atoms. The van der Waals surface area contributed by atoms with Crippen molar-refractivity contribution in [2.45, 2.75) is 58.5 Å². The van der Waals surface area contributed by atoms with Crippen LogP contribution in [0.25, 0.3) is 0 Å². The van der Waals surface area contributed by atoms with Crippen LogP contribution >= 0.6 is 0 Å². The highest BCUT2D eigenvalue weighted by Gasteiger charge is 2.34. The van der Waals surface area contributed by atoms with Crippen molar-refractivity contribution in [1.29, 1.82) is 0 Å². The summed E-state index contributed by atoms with van der Waals surface area (Å²) in [6.07, 6.45) is 0.362. The molecular formula is C32H41N3O5S. The van der Waals surface area contributed by atoms with E-state index in [0.717, 1.165) is 21.0 Å². The molecule has 0 saturated heterocycles. The average molecular weight is 580 g/mol. The number of hydrogen-bond donors (Lipinski definition) is 1. The largest absolute Gasteiger partial charge is 0.495 e. The van der Waals surface area contributed by atoms with Crippen LogP contribution in [0.4, 0.5) is 5.69 Å². The molecule has 8 nitrogen and oxygen atoms in total. The fourth-order valence-electron chi connectivity index (χ4n) is 4.50. The van der Waals surface area contributed by atoms with Gasteiger partial charge in [-0.3, -0.25) is 13.9 Å². The molecule has 1 atom stereocenters. The van der Waals surface area contributed by atoms with E-state index in [1.807, 2.05) is 58.9 Å². The molecule has 3 aromatic carbocycles. The number of aryl methyl sites for hydroxylation is 2. The van der Waals surface area contributed by atoms with Crippen molar-refractivity contribution >= 4 is 27.5 Å². The highest BCUT2D eigenvalue weighted by atomic mass is 32.2. The Labute approximate surface area is 244 Å². The molecule has 0 aliphatic rings. The van der Waals surface area contributed by atoms with Gasteiger partial charge in [0.1, 0.15) is 18.3 Å². The van der Waals surface area contributed by atoms with E-state index in [2.05, 4.69) is 5.32 Å². The first-order chi connectivity index (χ1) is 19.5. The van der Waals surface area contributed by atoms with E-state index >= 15 is 0 Å². The topological polar surface area (TPSA) is 96.0 Å². The molecule has 0 aliphatic carbocycles. The summed E-state index contributed by atoms with van der Waals surface area (Å²) in [4.78, 5) is 29.1. The number of hydrogen-bond acceptors (Lipinski definition) is 5. The second kappa shape index (κ2) is 14.2. The van der Waals surface area contributed by atoms with Crippen molar-refractivity contribution in [3.63, 3.8) is 0 Å². The van der Waals surface area contributed by atoms with Gasteiger partial charge in [-0.05, 0) is 61.6 Å². The molecule has 0 saturated carbocycles. The highest BCUT2D eigenvalue weighted by Crippen LogP contribution is 2.32. The van der Waals surface area contributed by atoms with Crippen molar-refractivity contribution in [3.8, 4) is 5.75 Å². The second-order valence-corrected chi connectivity index (χ2v) is 12.4. The van der Waals surface area contributed by atoms with Gasteiger partial charge in [0.25, 0.3) is 10.0 Å². The molecule has 9 heteroatoms. The third-order valence-corrected chi connectivity index (χ3v) is 8.69. The number of amides is 2. The minimum atomic E-state index is -4.18. The number of sulfonamides is 1. The van der Waals surface area contributed by atoms with Crippen molar-refractivity contribution < 1.29 is 22.7 Å². The number of carbonyl (C=O) groups excluding carboxylic acids is 2. The molecule has 0 unspecified atom stereocenters. The first-order valence-corrected chi connectivity index (χ1v) is 15.3. The minimum Gasteiger partial charge on any atom is -0.495 e. The molecule has 2 amide bonds. The van der Waals surface area contributed by atoms with E-state index in [1.165, 1.54) is 24.1 Å². The standard InChI is InChI=1S/C32H41N3O5S/c1-7-28(32(37)33-20-23(2)3)34(21-26-13-9-8-12-25(26)5)31(36)22-35(29-14-10-11-15-30(29)40-6)41(38,39)27-18-16-24(4)17-19-27/h8-19,23,28H,7,20-22H2,1-6H3,(H,33,37)/t28-/m1/s1. The number of para-hydroxylation sites is 2. The molecule has 0 fully saturated rings. The lowest BCUT2D eigenvalue weighted by molar-refractivity contribution is -0.140. The molecule has 220 valence electrons. The van der Waals surface area contributed by atoms with Gasteiger partial charge in [-0.25, -0.2) is 8.42 Å². The van der Waals surface area contributed by atoms with Gasteiger partial charge < -0.3 is 15.0 Å². The maximum Gasteiger partial charge on any atom is 0.264 e. The molecule has 3 aromatic rings. The summed E-state index contributed by atoms with van der Waals surface area (Å²) >= 11 is 0. The number of carbonyl (C=O) groups is 2. The lowest BCUT2D eigenvalue weighted by Crippen LogP contribution is -2.52. The summed E-state index contributed by atoms with van der Waals surface area (Å²) < 4.78 is 34.7. The molecular weight excluding hydrogens is 538 g/mol. The molecule has 0 aliphatic heterocycles. The number of benzene rings is 3. The Hall–Kier alpha value is -3.85. The van der Waals surface area contributed by atoms with Crippen molar-refractivity contribution in [1.82, 2.24) is 10.2 Å². The predicted octanol–water partition coefficient (Wildman–Crippen LogP) is 5.09. The molecule has 0 spiro atoms. The van der Waals surface area contributed by atoms with Crippen molar-refractivity contribution in [2.75, 3.05) is 24.5 Å². The zero-order valence-corrected chi connectivity index (χ0v) is 25.6. The maximum absolute atomic E-state index is 14.2. The number of methoxy groups -OCH3 is 1. The van der Waals surface area contributed by atoms with Gasteiger partial charge in [0.2, 0.25) is 11.8 Å². The highest BCUT2D eigenvalue weighted by molar-refractivity contribution is 7.92. The molecule has 1 N–H and O–H groups in total. The van der Waals surface area contributed by atoms with Crippen LogP contribution in [0.1, 0.15) is 43.9 Å². The molecule has 0 heterocycles. The third-order valence-electron chi connectivity index (χ3n) is 6.91. The fraction of sp³-hybridized carbons (Fsp3) is 0.375. The Balaban J connectivity index is 2.09. The Kier molecular flexibility index (Phi) is 10.9. The Bertz CT molecular complexity index is 1440. The lowest BCUT2D eigenvalue weighted by Gasteiger charge is -2.34. The van der Waals surface area contributed by atoms with E-state index in [0.29, 0.717) is 18.7 Å². The minimum absolute atomic E-state index is 0.0500. The van der Waals surface area contributed by atoms with Crippen LogP contribution in [0.5, 0.6) is 5.75 Å². The lowest BCUT2D eigenvalue weighted by atomic mass is 10.1.